The van der Waals surface area contributed by atoms with Gasteiger partial charge < -0.3 is 15.2 Å². The smallest absolute Gasteiger partial charge is 0.338 e. The van der Waals surface area contributed by atoms with E-state index < -0.39 is 5.97 Å². The highest BCUT2D eigenvalue weighted by molar-refractivity contribution is 5.96. The number of carbonyl (C=O) groups excluding carboxylic acids is 2. The topological polar surface area (TPSA) is 75.6 Å². The lowest BCUT2D eigenvalue weighted by Gasteiger charge is -2.11. The number of carbonyl (C=O) groups is 2. The lowest BCUT2D eigenvalue weighted by Crippen LogP contribution is -2.21. The molecular weight excluding hydrogens is 354 g/mol. The number of rotatable bonds is 5. The summed E-state index contributed by atoms with van der Waals surface area (Å²) in [5.74, 6) is -0.751. The van der Waals surface area contributed by atoms with Gasteiger partial charge in [0, 0.05) is 5.69 Å². The number of amides is 1. The van der Waals surface area contributed by atoms with Crippen LogP contribution in [0.3, 0.4) is 0 Å². The number of phenols is 1. The van der Waals surface area contributed by atoms with Gasteiger partial charge in [0.25, 0.3) is 5.91 Å². The molecule has 5 nitrogen and oxygen atoms in total. The molecule has 0 unspecified atom stereocenters. The predicted molar refractivity (Wildman–Crippen MR) is 108 cm³/mol. The van der Waals surface area contributed by atoms with Gasteiger partial charge in [-0.3, -0.25) is 4.79 Å². The van der Waals surface area contributed by atoms with E-state index in [2.05, 4.69) is 5.32 Å². The zero-order chi connectivity index (χ0) is 20.1. The molecule has 0 fully saturated rings. The van der Waals surface area contributed by atoms with Crippen molar-refractivity contribution in [3.63, 3.8) is 0 Å². The minimum absolute atomic E-state index is 0.197. The van der Waals surface area contributed by atoms with Gasteiger partial charge in [0.15, 0.2) is 6.61 Å². The van der Waals surface area contributed by atoms with Crippen LogP contribution in [0.4, 0.5) is 5.69 Å². The largest absolute Gasteiger partial charge is 0.508 e. The maximum Gasteiger partial charge on any atom is 0.338 e. The first-order chi connectivity index (χ1) is 13.4. The molecule has 0 aromatic heterocycles. The third-order valence-electron chi connectivity index (χ3n) is 4.53. The number of hydrogen-bond donors (Lipinski definition) is 2. The van der Waals surface area contributed by atoms with Crippen molar-refractivity contribution >= 4 is 17.6 Å². The summed E-state index contributed by atoms with van der Waals surface area (Å²) in [6.45, 7) is 3.53. The SMILES string of the molecule is Cc1cccc(NC(=O)COC(=O)c2ccc(-c3ccc(O)cc3)cc2)c1C. The molecule has 0 aliphatic carbocycles. The van der Waals surface area contributed by atoms with Crippen LogP contribution in [0.25, 0.3) is 11.1 Å². The van der Waals surface area contributed by atoms with Crippen molar-refractivity contribution in [2.75, 3.05) is 11.9 Å². The Hall–Kier alpha value is -3.60. The molecule has 0 saturated heterocycles. The average Bonchev–Trinajstić information content (AvgIpc) is 2.70. The molecule has 0 saturated carbocycles. The highest BCUT2D eigenvalue weighted by atomic mass is 16.5. The summed E-state index contributed by atoms with van der Waals surface area (Å²) in [6, 6.07) is 19.3. The average molecular weight is 375 g/mol. The number of nitrogens with one attached hydrogen (secondary N) is 1. The zero-order valence-corrected chi connectivity index (χ0v) is 15.7. The summed E-state index contributed by atoms with van der Waals surface area (Å²) < 4.78 is 5.11. The molecule has 0 radical (unpaired) electrons. The van der Waals surface area contributed by atoms with Gasteiger partial charge in [0.05, 0.1) is 5.56 Å². The van der Waals surface area contributed by atoms with Crippen LogP contribution in [-0.4, -0.2) is 23.6 Å². The number of ether oxygens (including phenoxy) is 1. The number of esters is 1. The molecule has 2 N–H and O–H groups in total. The van der Waals surface area contributed by atoms with Gasteiger partial charge in [0.2, 0.25) is 0 Å². The second-order valence-corrected chi connectivity index (χ2v) is 6.50. The van der Waals surface area contributed by atoms with E-state index >= 15 is 0 Å². The fourth-order valence-corrected chi connectivity index (χ4v) is 2.74. The minimum atomic E-state index is -0.562. The molecule has 0 atom stereocenters. The number of benzene rings is 3. The maximum absolute atomic E-state index is 12.2. The van der Waals surface area contributed by atoms with E-state index in [0.29, 0.717) is 11.3 Å². The van der Waals surface area contributed by atoms with Crippen LogP contribution in [0.5, 0.6) is 5.75 Å². The Kier molecular flexibility index (Phi) is 5.75. The quantitative estimate of drug-likeness (QED) is 0.645. The van der Waals surface area contributed by atoms with Crippen LogP contribution in [0.1, 0.15) is 21.5 Å². The van der Waals surface area contributed by atoms with Crippen LogP contribution >= 0.6 is 0 Å². The normalized spacial score (nSPS) is 10.4. The fourth-order valence-electron chi connectivity index (χ4n) is 2.74. The fraction of sp³-hybridized carbons (Fsp3) is 0.130. The van der Waals surface area contributed by atoms with Crippen molar-refractivity contribution in [2.24, 2.45) is 0 Å². The first kappa shape index (κ1) is 19.2. The van der Waals surface area contributed by atoms with Crippen LogP contribution in [0, 0.1) is 13.8 Å². The molecule has 3 aromatic carbocycles. The van der Waals surface area contributed by atoms with Crippen LogP contribution in [-0.2, 0) is 9.53 Å². The number of anilines is 1. The summed E-state index contributed by atoms with van der Waals surface area (Å²) >= 11 is 0. The summed E-state index contributed by atoms with van der Waals surface area (Å²) in [4.78, 5) is 24.2. The molecular formula is C23H21NO4. The van der Waals surface area contributed by atoms with Gasteiger partial charge in [-0.1, -0.05) is 36.4 Å². The summed E-state index contributed by atoms with van der Waals surface area (Å²) in [6.07, 6.45) is 0. The molecule has 0 spiro atoms. The van der Waals surface area contributed by atoms with Gasteiger partial charge in [0.1, 0.15) is 5.75 Å². The van der Waals surface area contributed by atoms with E-state index in [1.807, 2.05) is 32.0 Å². The van der Waals surface area contributed by atoms with Crippen LogP contribution in [0.15, 0.2) is 66.7 Å². The molecule has 0 aliphatic rings. The molecule has 0 heterocycles. The molecule has 0 bridgehead atoms. The lowest BCUT2D eigenvalue weighted by molar-refractivity contribution is -0.119. The van der Waals surface area contributed by atoms with Crippen molar-refractivity contribution < 1.29 is 19.4 Å². The Bertz CT molecular complexity index is 992. The Morgan fingerprint density at radius 3 is 2.14 bits per heavy atom. The molecule has 28 heavy (non-hydrogen) atoms. The van der Waals surface area contributed by atoms with Crippen molar-refractivity contribution in [3.8, 4) is 16.9 Å². The maximum atomic E-state index is 12.2. The standard InChI is InChI=1S/C23H21NO4/c1-15-4-3-5-21(16(15)2)24-22(26)14-28-23(27)19-8-6-17(7-9-19)18-10-12-20(25)13-11-18/h3-13,25H,14H2,1-2H3,(H,24,26). The van der Waals surface area contributed by atoms with Crippen LogP contribution in [0.2, 0.25) is 0 Å². The Morgan fingerprint density at radius 1 is 0.893 bits per heavy atom. The summed E-state index contributed by atoms with van der Waals surface area (Å²) in [5.41, 5.74) is 4.95. The Balaban J connectivity index is 1.58. The van der Waals surface area contributed by atoms with Gasteiger partial charge in [-0.2, -0.15) is 0 Å². The molecule has 5 heteroatoms. The van der Waals surface area contributed by atoms with Gasteiger partial charge in [-0.05, 0) is 66.4 Å². The zero-order valence-electron chi connectivity index (χ0n) is 15.7. The number of aromatic hydroxyl groups is 1. The third-order valence-corrected chi connectivity index (χ3v) is 4.53. The van der Waals surface area contributed by atoms with Gasteiger partial charge in [-0.25, -0.2) is 4.79 Å². The van der Waals surface area contributed by atoms with Crippen molar-refractivity contribution in [1.29, 1.82) is 0 Å². The molecule has 1 amide bonds. The minimum Gasteiger partial charge on any atom is -0.508 e. The predicted octanol–water partition coefficient (Wildman–Crippen LogP) is 4.47. The number of aryl methyl sites for hydroxylation is 1. The monoisotopic (exact) mass is 375 g/mol. The first-order valence-electron chi connectivity index (χ1n) is 8.86. The van der Waals surface area contributed by atoms with E-state index in [0.717, 1.165) is 22.3 Å². The lowest BCUT2D eigenvalue weighted by atomic mass is 10.0. The second-order valence-electron chi connectivity index (χ2n) is 6.50. The Labute approximate surface area is 163 Å². The molecule has 0 aliphatic heterocycles. The van der Waals surface area contributed by atoms with Crippen LogP contribution < -0.4 is 5.32 Å². The highest BCUT2D eigenvalue weighted by Crippen LogP contribution is 2.22. The molecule has 3 rings (SSSR count). The van der Waals surface area contributed by atoms with Gasteiger partial charge >= 0.3 is 5.97 Å². The second kappa shape index (κ2) is 8.39. The van der Waals surface area contributed by atoms with E-state index in [-0.39, 0.29) is 18.3 Å². The van der Waals surface area contributed by atoms with E-state index in [1.54, 1.807) is 48.5 Å². The summed E-state index contributed by atoms with van der Waals surface area (Å²) in [7, 11) is 0. The van der Waals surface area contributed by atoms with E-state index in [4.69, 9.17) is 4.74 Å². The highest BCUT2D eigenvalue weighted by Gasteiger charge is 2.12. The number of hydrogen-bond acceptors (Lipinski definition) is 4. The molecule has 3 aromatic rings. The first-order valence-corrected chi connectivity index (χ1v) is 8.86. The van der Waals surface area contributed by atoms with Gasteiger partial charge in [-0.15, -0.1) is 0 Å². The van der Waals surface area contributed by atoms with E-state index in [9.17, 15) is 14.7 Å². The Morgan fingerprint density at radius 2 is 1.50 bits per heavy atom. The van der Waals surface area contributed by atoms with Crippen molar-refractivity contribution in [2.45, 2.75) is 13.8 Å². The van der Waals surface area contributed by atoms with Crippen molar-refractivity contribution in [3.05, 3.63) is 83.4 Å². The third kappa shape index (κ3) is 4.57. The van der Waals surface area contributed by atoms with E-state index in [1.165, 1.54) is 0 Å². The molecule has 142 valence electrons. The van der Waals surface area contributed by atoms with Crippen molar-refractivity contribution in [1.82, 2.24) is 0 Å². The number of phenolic OH excluding ortho intramolecular Hbond substituents is 1. The summed E-state index contributed by atoms with van der Waals surface area (Å²) in [5, 5.41) is 12.1.